The first-order valence-corrected chi connectivity index (χ1v) is 18.6. The van der Waals surface area contributed by atoms with Crippen LogP contribution in [-0.4, -0.2) is 92.6 Å². The number of piperidine rings is 1. The van der Waals surface area contributed by atoms with Crippen LogP contribution in [0, 0.1) is 5.82 Å². The highest BCUT2D eigenvalue weighted by atomic mass is 19.1. The molecule has 2 aromatic carbocycles. The van der Waals surface area contributed by atoms with E-state index in [-0.39, 0.29) is 30.7 Å². The Morgan fingerprint density at radius 2 is 1.65 bits per heavy atom. The van der Waals surface area contributed by atoms with Crippen LogP contribution < -0.4 is 15.1 Å². The Kier molecular flexibility index (Phi) is 8.89. The number of ether oxygens (including phenoxy) is 1. The summed E-state index contributed by atoms with van der Waals surface area (Å²) in [7, 11) is 0. The molecule has 54 heavy (non-hydrogen) atoms. The number of benzene rings is 2. The van der Waals surface area contributed by atoms with Gasteiger partial charge in [0.25, 0.3) is 0 Å². The van der Waals surface area contributed by atoms with Crippen molar-refractivity contribution in [1.82, 2.24) is 34.7 Å². The second-order valence-electron chi connectivity index (χ2n) is 14.4. The first-order chi connectivity index (χ1) is 26.4. The zero-order valence-electron chi connectivity index (χ0n) is 29.7. The normalized spacial score (nSPS) is 22.3. The number of anilines is 2. The van der Waals surface area contributed by atoms with Crippen molar-refractivity contribution in [3.05, 3.63) is 108 Å². The number of imide groups is 1. The zero-order chi connectivity index (χ0) is 36.8. The lowest BCUT2D eigenvalue weighted by atomic mass is 10.0. The molecule has 5 aromatic rings. The summed E-state index contributed by atoms with van der Waals surface area (Å²) in [4.78, 5) is 54.8. The smallest absolute Gasteiger partial charge is 0.411 e. The summed E-state index contributed by atoms with van der Waals surface area (Å²) in [5.41, 5.74) is 5.29. The van der Waals surface area contributed by atoms with Crippen LogP contribution in [0.15, 0.2) is 85.1 Å². The molecule has 4 aliphatic heterocycles. The van der Waals surface area contributed by atoms with Crippen LogP contribution in [0.1, 0.15) is 54.5 Å². The number of cyclic esters (lactones) is 1. The van der Waals surface area contributed by atoms with Gasteiger partial charge < -0.3 is 14.5 Å². The lowest BCUT2D eigenvalue weighted by molar-refractivity contribution is -0.136. The summed E-state index contributed by atoms with van der Waals surface area (Å²) in [5.74, 6) is 0.731. The number of hydrogen-bond acceptors (Lipinski definition) is 10. The first-order valence-electron chi connectivity index (χ1n) is 18.6. The van der Waals surface area contributed by atoms with Gasteiger partial charge in [0.1, 0.15) is 35.3 Å². The fourth-order valence-electron chi connectivity index (χ4n) is 8.21. The van der Waals surface area contributed by atoms with Crippen molar-refractivity contribution in [2.24, 2.45) is 0 Å². The maximum atomic E-state index is 14.1. The highest BCUT2D eigenvalue weighted by Gasteiger charge is 2.42. The predicted molar refractivity (Wildman–Crippen MR) is 198 cm³/mol. The molecule has 3 atom stereocenters. The van der Waals surface area contributed by atoms with E-state index in [0.29, 0.717) is 6.42 Å². The number of carbonyl (C=O) groups excluding carboxylic acids is 3. The third-order valence-electron chi connectivity index (χ3n) is 11.0. The SMILES string of the molecule is O=C1CCC(N2C[C@H](c3cccc(CN4CCN(c5cccc(-c6cnc7ccc(N8CCC[C@@H]8c8cccc(F)c8)nn67)n5)CC4)c3)OC2=O)C(=O)N1. The molecule has 276 valence electrons. The fourth-order valence-corrected chi connectivity index (χ4v) is 8.21. The summed E-state index contributed by atoms with van der Waals surface area (Å²) in [5, 5.41) is 7.35. The standard InChI is InChI=1S/C40H40FN9O4/c41-29-8-2-6-27(22-29)31-10-4-16-48(31)37-14-13-35-42-23-33(50(35)45-37)30-9-3-11-36(43-30)47-19-17-46(18-20-47)24-26-5-1-7-28(21-26)34-25-49(40(53)54-34)32-12-15-38(51)44-39(32)52/h1-3,5-9,11,13-14,21-23,31-32,34H,4,10,12,15-20,24-25H2,(H,44,51,52)/t31-,32?,34-/m1/s1. The highest BCUT2D eigenvalue weighted by Crippen LogP contribution is 2.36. The van der Waals surface area contributed by atoms with E-state index in [1.807, 2.05) is 59.2 Å². The van der Waals surface area contributed by atoms with Gasteiger partial charge in [0.05, 0.1) is 24.5 Å². The molecule has 0 aliphatic carbocycles. The molecule has 3 aromatic heterocycles. The molecular formula is C40H40FN9O4. The molecule has 0 spiro atoms. The molecule has 7 heterocycles. The number of fused-ring (bicyclic) bond motifs is 1. The maximum absolute atomic E-state index is 14.1. The third-order valence-corrected chi connectivity index (χ3v) is 11.0. The molecule has 3 amide bonds. The van der Waals surface area contributed by atoms with Gasteiger partial charge in [0, 0.05) is 45.7 Å². The van der Waals surface area contributed by atoms with E-state index in [9.17, 15) is 18.8 Å². The van der Waals surface area contributed by atoms with Gasteiger partial charge in [-0.1, -0.05) is 42.5 Å². The number of aromatic nitrogens is 4. The molecule has 4 fully saturated rings. The van der Waals surface area contributed by atoms with Gasteiger partial charge in [-0.3, -0.25) is 24.7 Å². The zero-order valence-corrected chi connectivity index (χ0v) is 29.7. The maximum Gasteiger partial charge on any atom is 0.411 e. The molecule has 1 unspecified atom stereocenters. The second kappa shape index (κ2) is 14.2. The van der Waals surface area contributed by atoms with E-state index in [4.69, 9.17) is 14.8 Å². The van der Waals surface area contributed by atoms with Gasteiger partial charge in [-0.2, -0.15) is 0 Å². The van der Waals surface area contributed by atoms with Gasteiger partial charge in [-0.25, -0.2) is 23.7 Å². The van der Waals surface area contributed by atoms with E-state index in [1.54, 1.807) is 12.1 Å². The summed E-state index contributed by atoms with van der Waals surface area (Å²) in [6.07, 6.45) is 3.25. The number of amides is 3. The fraction of sp³-hybridized carbons (Fsp3) is 0.350. The molecule has 0 bridgehead atoms. The number of halogens is 1. The molecule has 9 rings (SSSR count). The molecule has 0 radical (unpaired) electrons. The largest absolute Gasteiger partial charge is 0.439 e. The molecule has 4 aliphatic rings. The van der Waals surface area contributed by atoms with Crippen molar-refractivity contribution >= 4 is 35.2 Å². The molecular weight excluding hydrogens is 689 g/mol. The summed E-state index contributed by atoms with van der Waals surface area (Å²) in [6, 6.07) is 24.3. The minimum absolute atomic E-state index is 0.0616. The number of nitrogens with zero attached hydrogens (tertiary/aromatic N) is 8. The van der Waals surface area contributed by atoms with E-state index >= 15 is 0 Å². The van der Waals surface area contributed by atoms with Crippen molar-refractivity contribution in [2.75, 3.05) is 49.1 Å². The van der Waals surface area contributed by atoms with E-state index in [1.165, 1.54) is 11.0 Å². The van der Waals surface area contributed by atoms with Crippen molar-refractivity contribution in [3.8, 4) is 11.4 Å². The average molecular weight is 730 g/mol. The monoisotopic (exact) mass is 729 g/mol. The van der Waals surface area contributed by atoms with Gasteiger partial charge in [0.15, 0.2) is 5.65 Å². The lowest BCUT2D eigenvalue weighted by Gasteiger charge is -2.35. The van der Waals surface area contributed by atoms with Crippen LogP contribution in [-0.2, 0) is 20.9 Å². The Morgan fingerprint density at radius 3 is 2.50 bits per heavy atom. The number of carbonyl (C=O) groups is 3. The highest BCUT2D eigenvalue weighted by molar-refractivity contribution is 6.01. The van der Waals surface area contributed by atoms with Gasteiger partial charge in [-0.15, -0.1) is 5.10 Å². The van der Waals surface area contributed by atoms with E-state index in [2.05, 4.69) is 37.1 Å². The van der Waals surface area contributed by atoms with Crippen LogP contribution in [0.2, 0.25) is 0 Å². The van der Waals surface area contributed by atoms with Gasteiger partial charge >= 0.3 is 6.09 Å². The lowest BCUT2D eigenvalue weighted by Crippen LogP contribution is -2.52. The predicted octanol–water partition coefficient (Wildman–Crippen LogP) is 4.89. The Balaban J connectivity index is 0.847. The second-order valence-corrected chi connectivity index (χ2v) is 14.4. The van der Waals surface area contributed by atoms with E-state index in [0.717, 1.165) is 97.5 Å². The Labute approximate surface area is 311 Å². The Bertz CT molecular complexity index is 2240. The van der Waals surface area contributed by atoms with E-state index < -0.39 is 24.1 Å². The number of rotatable bonds is 8. The number of imidazole rings is 1. The number of piperazine rings is 1. The third kappa shape index (κ3) is 6.61. The van der Waals surface area contributed by atoms with Crippen LogP contribution in [0.4, 0.5) is 20.8 Å². The van der Waals surface area contributed by atoms with Crippen LogP contribution in [0.3, 0.4) is 0 Å². The minimum atomic E-state index is -0.694. The van der Waals surface area contributed by atoms with Crippen LogP contribution >= 0.6 is 0 Å². The summed E-state index contributed by atoms with van der Waals surface area (Å²) in [6.45, 7) is 5.17. The minimum Gasteiger partial charge on any atom is -0.439 e. The number of nitrogens with one attached hydrogen (secondary N) is 1. The number of pyridine rings is 1. The van der Waals surface area contributed by atoms with Crippen LogP contribution in [0.5, 0.6) is 0 Å². The van der Waals surface area contributed by atoms with Gasteiger partial charge in [-0.05, 0) is 72.4 Å². The summed E-state index contributed by atoms with van der Waals surface area (Å²) >= 11 is 0. The quantitative estimate of drug-likeness (QED) is 0.221. The van der Waals surface area contributed by atoms with Crippen molar-refractivity contribution < 1.29 is 23.5 Å². The Morgan fingerprint density at radius 1 is 0.815 bits per heavy atom. The van der Waals surface area contributed by atoms with Crippen molar-refractivity contribution in [2.45, 2.75) is 50.4 Å². The molecule has 13 nitrogen and oxygen atoms in total. The molecule has 14 heteroatoms. The number of hydrogen-bond donors (Lipinski definition) is 1. The van der Waals surface area contributed by atoms with Gasteiger partial charge in [0.2, 0.25) is 11.8 Å². The molecule has 1 N–H and O–H groups in total. The topological polar surface area (TPSA) is 129 Å². The van der Waals surface area contributed by atoms with Crippen molar-refractivity contribution in [3.63, 3.8) is 0 Å². The Hall–Kier alpha value is -5.89. The van der Waals surface area contributed by atoms with Crippen LogP contribution in [0.25, 0.3) is 17.0 Å². The first kappa shape index (κ1) is 33.9. The average Bonchev–Trinajstić information content (AvgIpc) is 3.94. The molecule has 4 saturated heterocycles. The summed E-state index contributed by atoms with van der Waals surface area (Å²) < 4.78 is 21.6. The van der Waals surface area contributed by atoms with Crippen molar-refractivity contribution in [1.29, 1.82) is 0 Å². The molecule has 0 saturated carbocycles.